The molecule has 9 heteroatoms. The maximum atomic E-state index is 12.6. The standard InChI is InChI=1S/C17H25N3O5S/c1-17(2,3)15(18-13-21)11-19-9-10-20(26(19,23)24)16(22)25-12-14-7-5-4-6-8-14/h4-8,13,15H,9-12H2,1-3H3,(H,18,21)/t15-/m1/s1. The molecule has 2 rings (SSSR count). The Kier molecular flexibility index (Phi) is 6.25. The van der Waals surface area contributed by atoms with E-state index in [0.717, 1.165) is 9.87 Å². The molecule has 1 heterocycles. The summed E-state index contributed by atoms with van der Waals surface area (Å²) in [5, 5.41) is 2.66. The van der Waals surface area contributed by atoms with Crippen LogP contribution >= 0.6 is 0 Å². The molecule has 0 bridgehead atoms. The second kappa shape index (κ2) is 8.05. The highest BCUT2D eigenvalue weighted by molar-refractivity contribution is 7.87. The summed E-state index contributed by atoms with van der Waals surface area (Å²) >= 11 is 0. The van der Waals surface area contributed by atoms with Crippen LogP contribution < -0.4 is 5.32 Å². The number of nitrogens with one attached hydrogen (secondary N) is 1. The summed E-state index contributed by atoms with van der Waals surface area (Å²) in [6, 6.07) is 8.66. The molecule has 0 radical (unpaired) electrons. The van der Waals surface area contributed by atoms with Crippen molar-refractivity contribution in [3.63, 3.8) is 0 Å². The number of carbonyl (C=O) groups excluding carboxylic acids is 2. The molecule has 0 aromatic heterocycles. The molecule has 1 aromatic carbocycles. The normalized spacial score (nSPS) is 18.3. The third-order valence-electron chi connectivity index (χ3n) is 4.27. The van der Waals surface area contributed by atoms with Gasteiger partial charge in [-0.15, -0.1) is 0 Å². The molecule has 8 nitrogen and oxygen atoms in total. The van der Waals surface area contributed by atoms with E-state index in [1.807, 2.05) is 39.0 Å². The van der Waals surface area contributed by atoms with E-state index in [1.54, 1.807) is 12.1 Å². The fourth-order valence-corrected chi connectivity index (χ4v) is 4.08. The van der Waals surface area contributed by atoms with Crippen LogP contribution in [0.25, 0.3) is 0 Å². The monoisotopic (exact) mass is 383 g/mol. The van der Waals surface area contributed by atoms with Crippen molar-refractivity contribution in [1.29, 1.82) is 0 Å². The molecule has 0 unspecified atom stereocenters. The average molecular weight is 383 g/mol. The zero-order valence-corrected chi connectivity index (χ0v) is 16.0. The first-order chi connectivity index (χ1) is 12.2. The van der Waals surface area contributed by atoms with E-state index in [2.05, 4.69) is 5.32 Å². The summed E-state index contributed by atoms with van der Waals surface area (Å²) in [7, 11) is -3.97. The molecular weight excluding hydrogens is 358 g/mol. The van der Waals surface area contributed by atoms with E-state index in [9.17, 15) is 18.0 Å². The van der Waals surface area contributed by atoms with Gasteiger partial charge in [-0.3, -0.25) is 4.79 Å². The third kappa shape index (κ3) is 4.73. The zero-order valence-electron chi connectivity index (χ0n) is 15.2. The van der Waals surface area contributed by atoms with Gasteiger partial charge in [-0.1, -0.05) is 51.1 Å². The molecule has 0 aliphatic carbocycles. The fraction of sp³-hybridized carbons (Fsp3) is 0.529. The lowest BCUT2D eigenvalue weighted by molar-refractivity contribution is -0.110. The lowest BCUT2D eigenvalue weighted by Gasteiger charge is -2.32. The van der Waals surface area contributed by atoms with Crippen molar-refractivity contribution in [3.05, 3.63) is 35.9 Å². The van der Waals surface area contributed by atoms with Crippen LogP contribution in [0.3, 0.4) is 0 Å². The minimum absolute atomic E-state index is 0.00298. The van der Waals surface area contributed by atoms with Crippen molar-refractivity contribution < 1.29 is 22.7 Å². The van der Waals surface area contributed by atoms with E-state index < -0.39 is 16.3 Å². The number of nitrogens with zero attached hydrogens (tertiary/aromatic N) is 2. The summed E-state index contributed by atoms with van der Waals surface area (Å²) in [5.41, 5.74) is 0.440. The quantitative estimate of drug-likeness (QED) is 0.748. The first-order valence-electron chi connectivity index (χ1n) is 8.34. The van der Waals surface area contributed by atoms with Gasteiger partial charge in [0, 0.05) is 19.1 Å². The van der Waals surface area contributed by atoms with Crippen molar-refractivity contribution in [1.82, 2.24) is 13.9 Å². The number of carbonyl (C=O) groups is 2. The molecule has 2 amide bonds. The Morgan fingerprint density at radius 1 is 1.27 bits per heavy atom. The van der Waals surface area contributed by atoms with E-state index in [0.29, 0.717) is 6.41 Å². The number of rotatable bonds is 6. The van der Waals surface area contributed by atoms with Gasteiger partial charge < -0.3 is 10.1 Å². The summed E-state index contributed by atoms with van der Waals surface area (Å²) in [5.74, 6) is 0. The van der Waals surface area contributed by atoms with E-state index in [-0.39, 0.29) is 37.7 Å². The molecule has 1 saturated heterocycles. The van der Waals surface area contributed by atoms with Crippen molar-refractivity contribution in [2.24, 2.45) is 5.41 Å². The maximum absolute atomic E-state index is 12.6. The maximum Gasteiger partial charge on any atom is 0.424 e. The van der Waals surface area contributed by atoms with Crippen molar-refractivity contribution in [2.45, 2.75) is 33.4 Å². The number of hydrogen-bond acceptors (Lipinski definition) is 5. The number of hydrogen-bond donors (Lipinski definition) is 1. The van der Waals surface area contributed by atoms with Crippen LogP contribution in [0.4, 0.5) is 4.79 Å². The molecule has 1 aliphatic rings. The van der Waals surface area contributed by atoms with Gasteiger partial charge in [0.25, 0.3) is 0 Å². The lowest BCUT2D eigenvalue weighted by atomic mass is 9.87. The number of ether oxygens (including phenoxy) is 1. The third-order valence-corrected chi connectivity index (χ3v) is 6.14. The number of benzene rings is 1. The van der Waals surface area contributed by atoms with Gasteiger partial charge in [-0.05, 0) is 11.0 Å². The van der Waals surface area contributed by atoms with Gasteiger partial charge in [-0.25, -0.2) is 4.79 Å². The first-order valence-corrected chi connectivity index (χ1v) is 9.74. The zero-order chi connectivity index (χ0) is 19.4. The van der Waals surface area contributed by atoms with Gasteiger partial charge in [0.1, 0.15) is 6.61 Å². The lowest BCUT2D eigenvalue weighted by Crippen LogP contribution is -2.49. The topological polar surface area (TPSA) is 96.0 Å². The van der Waals surface area contributed by atoms with Crippen LogP contribution in [-0.4, -0.2) is 55.2 Å². The molecule has 0 saturated carbocycles. The van der Waals surface area contributed by atoms with Crippen LogP contribution in [0.5, 0.6) is 0 Å². The Balaban J connectivity index is 2.02. The van der Waals surface area contributed by atoms with Gasteiger partial charge in [0.15, 0.2) is 0 Å². The first kappa shape index (κ1) is 20.2. The Morgan fingerprint density at radius 2 is 1.92 bits per heavy atom. The van der Waals surface area contributed by atoms with Crippen LogP contribution in [0.15, 0.2) is 30.3 Å². The molecule has 1 atom stereocenters. The van der Waals surface area contributed by atoms with Crippen molar-refractivity contribution in [2.75, 3.05) is 19.6 Å². The molecule has 0 spiro atoms. The van der Waals surface area contributed by atoms with Gasteiger partial charge in [0.2, 0.25) is 6.41 Å². The predicted molar refractivity (Wildman–Crippen MR) is 96.3 cm³/mol. The van der Waals surface area contributed by atoms with Gasteiger partial charge in [0.05, 0.1) is 6.54 Å². The largest absolute Gasteiger partial charge is 0.444 e. The van der Waals surface area contributed by atoms with Crippen molar-refractivity contribution in [3.8, 4) is 0 Å². The molecule has 26 heavy (non-hydrogen) atoms. The summed E-state index contributed by atoms with van der Waals surface area (Å²) in [6.07, 6.45) is -0.336. The average Bonchev–Trinajstić information content (AvgIpc) is 2.87. The SMILES string of the molecule is CC(C)(C)[C@@H](CN1CCN(C(=O)OCc2ccccc2)S1(=O)=O)NC=O. The van der Waals surface area contributed by atoms with E-state index in [4.69, 9.17) is 4.74 Å². The highest BCUT2D eigenvalue weighted by Gasteiger charge is 2.43. The highest BCUT2D eigenvalue weighted by Crippen LogP contribution is 2.24. The Labute approximate surface area is 154 Å². The summed E-state index contributed by atoms with van der Waals surface area (Å²) in [4.78, 5) is 23.0. The predicted octanol–water partition coefficient (Wildman–Crippen LogP) is 1.35. The van der Waals surface area contributed by atoms with Crippen LogP contribution in [0, 0.1) is 5.41 Å². The number of amides is 2. The van der Waals surface area contributed by atoms with Gasteiger partial charge in [-0.2, -0.15) is 17.0 Å². The van der Waals surface area contributed by atoms with Crippen LogP contribution in [0.2, 0.25) is 0 Å². The van der Waals surface area contributed by atoms with Crippen LogP contribution in [0.1, 0.15) is 26.3 Å². The van der Waals surface area contributed by atoms with E-state index >= 15 is 0 Å². The fourth-order valence-electron chi connectivity index (χ4n) is 2.60. The minimum Gasteiger partial charge on any atom is -0.444 e. The minimum atomic E-state index is -3.97. The second-order valence-corrected chi connectivity index (χ2v) is 9.03. The smallest absolute Gasteiger partial charge is 0.424 e. The molecule has 1 N–H and O–H groups in total. The van der Waals surface area contributed by atoms with E-state index in [1.165, 1.54) is 4.31 Å². The Bertz CT molecular complexity index is 731. The molecule has 1 aliphatic heterocycles. The summed E-state index contributed by atoms with van der Waals surface area (Å²) in [6.45, 7) is 5.99. The molecule has 1 fully saturated rings. The second-order valence-electron chi connectivity index (χ2n) is 7.18. The van der Waals surface area contributed by atoms with Crippen molar-refractivity contribution >= 4 is 22.7 Å². The Hall–Kier alpha value is -2.13. The Morgan fingerprint density at radius 3 is 2.50 bits per heavy atom. The molecular formula is C17H25N3O5S. The van der Waals surface area contributed by atoms with Crippen LogP contribution in [-0.2, 0) is 26.3 Å². The molecule has 1 aromatic rings. The summed E-state index contributed by atoms with van der Waals surface area (Å²) < 4.78 is 32.4. The van der Waals surface area contributed by atoms with Gasteiger partial charge >= 0.3 is 16.3 Å². The molecule has 144 valence electrons. The highest BCUT2D eigenvalue weighted by atomic mass is 32.2.